The van der Waals surface area contributed by atoms with Crippen molar-refractivity contribution < 1.29 is 14.2 Å². The van der Waals surface area contributed by atoms with Crippen LogP contribution in [0, 0.1) is 0 Å². The summed E-state index contributed by atoms with van der Waals surface area (Å²) in [6.45, 7) is 0.327. The third-order valence-electron chi connectivity index (χ3n) is 2.39. The SMILES string of the molecule is Nc1nonc1CC(=O)OCCc1ccccc1. The third kappa shape index (κ3) is 3.31. The maximum Gasteiger partial charge on any atom is 0.312 e. The van der Waals surface area contributed by atoms with Crippen molar-refractivity contribution in [1.29, 1.82) is 0 Å². The van der Waals surface area contributed by atoms with Gasteiger partial charge in [0.05, 0.1) is 13.0 Å². The molecule has 1 aromatic carbocycles. The Morgan fingerprint density at radius 1 is 1.28 bits per heavy atom. The minimum atomic E-state index is -0.395. The summed E-state index contributed by atoms with van der Waals surface area (Å²) in [5, 5.41) is 6.89. The van der Waals surface area contributed by atoms with Gasteiger partial charge in [-0.1, -0.05) is 35.5 Å². The molecular formula is C12H13N3O3. The topological polar surface area (TPSA) is 91.2 Å². The van der Waals surface area contributed by atoms with Crippen LogP contribution < -0.4 is 5.73 Å². The number of carbonyl (C=O) groups is 1. The van der Waals surface area contributed by atoms with Crippen LogP contribution in [0.25, 0.3) is 0 Å². The Hall–Kier alpha value is -2.37. The van der Waals surface area contributed by atoms with Crippen LogP contribution in [0.3, 0.4) is 0 Å². The lowest BCUT2D eigenvalue weighted by Crippen LogP contribution is -2.11. The fourth-order valence-corrected chi connectivity index (χ4v) is 1.45. The molecule has 0 unspecified atom stereocenters. The second-order valence-electron chi connectivity index (χ2n) is 3.73. The van der Waals surface area contributed by atoms with Gasteiger partial charge in [-0.15, -0.1) is 0 Å². The molecule has 0 radical (unpaired) electrons. The van der Waals surface area contributed by atoms with Crippen molar-refractivity contribution >= 4 is 11.8 Å². The first-order valence-corrected chi connectivity index (χ1v) is 5.52. The molecule has 0 saturated heterocycles. The Balaban J connectivity index is 1.74. The number of benzene rings is 1. The van der Waals surface area contributed by atoms with E-state index in [-0.39, 0.29) is 12.2 Å². The molecule has 0 saturated carbocycles. The van der Waals surface area contributed by atoms with Gasteiger partial charge in [0.2, 0.25) is 0 Å². The molecule has 0 aliphatic carbocycles. The molecule has 6 heteroatoms. The van der Waals surface area contributed by atoms with Gasteiger partial charge < -0.3 is 10.5 Å². The van der Waals surface area contributed by atoms with Crippen LogP contribution in [0.2, 0.25) is 0 Å². The minimum absolute atomic E-state index is 0.0237. The number of carbonyl (C=O) groups excluding carboxylic acids is 1. The van der Waals surface area contributed by atoms with E-state index in [4.69, 9.17) is 10.5 Å². The average molecular weight is 247 g/mol. The summed E-state index contributed by atoms with van der Waals surface area (Å²) in [5.41, 5.74) is 6.86. The zero-order valence-electron chi connectivity index (χ0n) is 9.70. The van der Waals surface area contributed by atoms with Crippen LogP contribution in [-0.2, 0) is 22.4 Å². The molecule has 0 atom stereocenters. The third-order valence-corrected chi connectivity index (χ3v) is 2.39. The normalized spacial score (nSPS) is 10.2. The van der Waals surface area contributed by atoms with Crippen molar-refractivity contribution in [2.24, 2.45) is 0 Å². The monoisotopic (exact) mass is 247 g/mol. The smallest absolute Gasteiger partial charge is 0.312 e. The molecular weight excluding hydrogens is 234 g/mol. The van der Waals surface area contributed by atoms with Crippen LogP contribution in [0.5, 0.6) is 0 Å². The molecule has 18 heavy (non-hydrogen) atoms. The highest BCUT2D eigenvalue weighted by Crippen LogP contribution is 2.06. The fourth-order valence-electron chi connectivity index (χ4n) is 1.45. The standard InChI is InChI=1S/C12H13N3O3/c13-12-10(14-18-15-12)8-11(16)17-7-6-9-4-2-1-3-5-9/h1-5H,6-8H2,(H2,13,15). The Bertz CT molecular complexity index is 510. The minimum Gasteiger partial charge on any atom is -0.465 e. The van der Waals surface area contributed by atoms with Crippen LogP contribution in [0.15, 0.2) is 35.0 Å². The number of nitrogens with zero attached hydrogens (tertiary/aromatic N) is 2. The lowest BCUT2D eigenvalue weighted by Gasteiger charge is -2.03. The summed E-state index contributed by atoms with van der Waals surface area (Å²) >= 11 is 0. The molecule has 0 aliphatic rings. The van der Waals surface area contributed by atoms with E-state index in [0.717, 1.165) is 5.56 Å². The van der Waals surface area contributed by atoms with E-state index in [1.165, 1.54) is 0 Å². The fraction of sp³-hybridized carbons (Fsp3) is 0.250. The number of anilines is 1. The van der Waals surface area contributed by atoms with Crippen molar-refractivity contribution in [2.75, 3.05) is 12.3 Å². The number of hydrogen-bond donors (Lipinski definition) is 1. The zero-order chi connectivity index (χ0) is 12.8. The summed E-state index contributed by atoms with van der Waals surface area (Å²) in [6.07, 6.45) is 0.656. The van der Waals surface area contributed by atoms with Crippen LogP contribution in [-0.4, -0.2) is 22.9 Å². The molecule has 0 aliphatic heterocycles. The molecule has 6 nitrogen and oxygen atoms in total. The maximum atomic E-state index is 11.5. The van der Waals surface area contributed by atoms with Gasteiger partial charge in [0, 0.05) is 6.42 Å². The van der Waals surface area contributed by atoms with Crippen LogP contribution >= 0.6 is 0 Å². The van der Waals surface area contributed by atoms with E-state index in [2.05, 4.69) is 14.9 Å². The quantitative estimate of drug-likeness (QED) is 0.792. The number of nitrogens with two attached hydrogens (primary N) is 1. The Labute approximate surface area is 104 Å². The predicted molar refractivity (Wildman–Crippen MR) is 63.5 cm³/mol. The molecule has 1 aromatic heterocycles. The number of hydrogen-bond acceptors (Lipinski definition) is 6. The first-order valence-electron chi connectivity index (χ1n) is 5.52. The molecule has 0 spiro atoms. The van der Waals surface area contributed by atoms with E-state index >= 15 is 0 Å². The van der Waals surface area contributed by atoms with E-state index in [9.17, 15) is 4.79 Å². The second-order valence-corrected chi connectivity index (χ2v) is 3.73. The van der Waals surface area contributed by atoms with Gasteiger partial charge in [-0.2, -0.15) is 0 Å². The highest BCUT2D eigenvalue weighted by atomic mass is 16.6. The largest absolute Gasteiger partial charge is 0.465 e. The summed E-state index contributed by atoms with van der Waals surface area (Å²) in [6, 6.07) is 9.79. The number of nitrogen functional groups attached to an aromatic ring is 1. The highest BCUT2D eigenvalue weighted by molar-refractivity contribution is 5.73. The van der Waals surface area contributed by atoms with E-state index < -0.39 is 5.97 Å². The Kier molecular flexibility index (Phi) is 3.90. The van der Waals surface area contributed by atoms with Gasteiger partial charge >= 0.3 is 5.97 Å². The van der Waals surface area contributed by atoms with Crippen LogP contribution in [0.1, 0.15) is 11.3 Å². The van der Waals surface area contributed by atoms with Crippen molar-refractivity contribution in [2.45, 2.75) is 12.8 Å². The number of ether oxygens (including phenoxy) is 1. The Morgan fingerprint density at radius 2 is 2.06 bits per heavy atom. The molecule has 2 N–H and O–H groups in total. The molecule has 1 heterocycles. The first-order chi connectivity index (χ1) is 8.75. The lowest BCUT2D eigenvalue weighted by atomic mass is 10.2. The van der Waals surface area contributed by atoms with Gasteiger partial charge in [-0.25, -0.2) is 4.63 Å². The maximum absolute atomic E-state index is 11.5. The number of rotatable bonds is 5. The number of aromatic nitrogens is 2. The van der Waals surface area contributed by atoms with E-state index in [1.54, 1.807) is 0 Å². The van der Waals surface area contributed by atoms with Gasteiger partial charge in [-0.3, -0.25) is 4.79 Å². The van der Waals surface area contributed by atoms with Gasteiger partial charge in [0.25, 0.3) is 0 Å². The lowest BCUT2D eigenvalue weighted by molar-refractivity contribution is -0.142. The van der Waals surface area contributed by atoms with Gasteiger partial charge in [-0.05, 0) is 10.7 Å². The van der Waals surface area contributed by atoms with Crippen molar-refractivity contribution in [3.8, 4) is 0 Å². The number of esters is 1. The van der Waals surface area contributed by atoms with E-state index in [1.807, 2.05) is 30.3 Å². The molecule has 0 bridgehead atoms. The highest BCUT2D eigenvalue weighted by Gasteiger charge is 2.12. The summed E-state index contributed by atoms with van der Waals surface area (Å²) in [7, 11) is 0. The van der Waals surface area contributed by atoms with Crippen molar-refractivity contribution in [3.05, 3.63) is 41.6 Å². The molecule has 0 amide bonds. The molecule has 2 rings (SSSR count). The van der Waals surface area contributed by atoms with Gasteiger partial charge in [0.1, 0.15) is 5.69 Å². The summed E-state index contributed by atoms with van der Waals surface area (Å²) < 4.78 is 9.46. The Morgan fingerprint density at radius 3 is 2.72 bits per heavy atom. The molecule has 94 valence electrons. The molecule has 2 aromatic rings. The van der Waals surface area contributed by atoms with Crippen molar-refractivity contribution in [1.82, 2.24) is 10.3 Å². The zero-order valence-corrected chi connectivity index (χ0v) is 9.70. The van der Waals surface area contributed by atoms with Crippen molar-refractivity contribution in [3.63, 3.8) is 0 Å². The van der Waals surface area contributed by atoms with Crippen LogP contribution in [0.4, 0.5) is 5.82 Å². The predicted octanol–water partition coefficient (Wildman–Crippen LogP) is 0.980. The average Bonchev–Trinajstić information content (AvgIpc) is 2.76. The van der Waals surface area contributed by atoms with E-state index in [0.29, 0.717) is 18.7 Å². The molecule has 0 fully saturated rings. The van der Waals surface area contributed by atoms with Gasteiger partial charge in [0.15, 0.2) is 5.82 Å². The summed E-state index contributed by atoms with van der Waals surface area (Å²) in [4.78, 5) is 11.5. The first kappa shape index (κ1) is 12.1. The second kappa shape index (κ2) is 5.81. The summed E-state index contributed by atoms with van der Waals surface area (Å²) in [5.74, 6) is -0.275.